The number of carbonyl (C=O) groups excluding carboxylic acids is 2. The summed E-state index contributed by atoms with van der Waals surface area (Å²) in [5.41, 5.74) is 12.1. The Bertz CT molecular complexity index is 893. The topological polar surface area (TPSA) is 127 Å². The van der Waals surface area contributed by atoms with Crippen LogP contribution in [0.15, 0.2) is 48.5 Å². The Morgan fingerprint density at radius 3 is 2.59 bits per heavy atom. The van der Waals surface area contributed by atoms with E-state index in [1.807, 2.05) is 36.4 Å². The molecule has 152 valence electrons. The molecule has 0 bridgehead atoms. The molecule has 0 saturated carbocycles. The maximum atomic E-state index is 12.2. The van der Waals surface area contributed by atoms with Crippen molar-refractivity contribution in [3.05, 3.63) is 59.7 Å². The number of urea groups is 1. The second-order valence-electron chi connectivity index (χ2n) is 6.22. The van der Waals surface area contributed by atoms with Gasteiger partial charge in [0.2, 0.25) is 12.7 Å². The van der Waals surface area contributed by atoms with Gasteiger partial charge in [-0.3, -0.25) is 15.6 Å². The molecule has 1 atom stereocenters. The lowest BCUT2D eigenvalue weighted by atomic mass is 10.0. The molecule has 1 unspecified atom stereocenters. The molecule has 1 aliphatic heterocycles. The van der Waals surface area contributed by atoms with E-state index >= 15 is 0 Å². The average molecular weight is 415 g/mol. The van der Waals surface area contributed by atoms with Gasteiger partial charge in [-0.2, -0.15) is 0 Å². The summed E-state index contributed by atoms with van der Waals surface area (Å²) >= 11 is 5.17. The van der Waals surface area contributed by atoms with Crippen molar-refractivity contribution in [2.45, 2.75) is 19.0 Å². The highest BCUT2D eigenvalue weighted by atomic mass is 32.1. The van der Waals surface area contributed by atoms with Crippen LogP contribution in [-0.2, 0) is 11.3 Å². The van der Waals surface area contributed by atoms with Gasteiger partial charge in [0.25, 0.3) is 0 Å². The minimum atomic E-state index is -0.708. The minimum absolute atomic E-state index is 0.00920. The smallest absolute Gasteiger partial charge is 0.312 e. The van der Waals surface area contributed by atoms with Crippen LogP contribution in [0.25, 0.3) is 0 Å². The van der Waals surface area contributed by atoms with E-state index in [9.17, 15) is 9.59 Å². The van der Waals surface area contributed by atoms with Crippen molar-refractivity contribution in [3.63, 3.8) is 0 Å². The van der Waals surface area contributed by atoms with E-state index in [0.717, 1.165) is 11.1 Å². The maximum Gasteiger partial charge on any atom is 0.312 e. The predicted octanol–water partition coefficient (Wildman–Crippen LogP) is 1.21. The molecule has 0 fully saturated rings. The third-order valence-electron chi connectivity index (χ3n) is 4.11. The summed E-state index contributed by atoms with van der Waals surface area (Å²) < 4.78 is 10.6. The number of hydrogen-bond donors (Lipinski definition) is 5. The van der Waals surface area contributed by atoms with Gasteiger partial charge < -0.3 is 25.8 Å². The van der Waals surface area contributed by atoms with Crippen molar-refractivity contribution in [2.75, 3.05) is 6.79 Å². The summed E-state index contributed by atoms with van der Waals surface area (Å²) in [4.78, 5) is 23.5. The van der Waals surface area contributed by atoms with E-state index in [2.05, 4.69) is 21.5 Å². The van der Waals surface area contributed by atoms with Crippen LogP contribution in [0.5, 0.6) is 11.5 Å². The Morgan fingerprint density at radius 2 is 1.83 bits per heavy atom. The second kappa shape index (κ2) is 9.60. The monoisotopic (exact) mass is 415 g/mol. The largest absolute Gasteiger partial charge is 0.454 e. The van der Waals surface area contributed by atoms with Crippen LogP contribution < -0.4 is 36.7 Å². The van der Waals surface area contributed by atoms with Crippen LogP contribution in [0.1, 0.15) is 23.6 Å². The number of nitrogens with two attached hydrogens (primary N) is 1. The highest BCUT2D eigenvalue weighted by molar-refractivity contribution is 7.80. The Hall–Kier alpha value is -3.53. The van der Waals surface area contributed by atoms with E-state index in [1.54, 1.807) is 12.1 Å². The molecular formula is C19H21N5O4S. The number of carbonyl (C=O) groups is 2. The maximum absolute atomic E-state index is 12.2. The fourth-order valence-electron chi connectivity index (χ4n) is 2.75. The van der Waals surface area contributed by atoms with E-state index < -0.39 is 12.1 Å². The first-order valence-electron chi connectivity index (χ1n) is 8.83. The summed E-state index contributed by atoms with van der Waals surface area (Å²) in [6.45, 7) is 0.654. The lowest BCUT2D eigenvalue weighted by Gasteiger charge is -2.18. The van der Waals surface area contributed by atoms with E-state index in [4.69, 9.17) is 27.4 Å². The van der Waals surface area contributed by atoms with Crippen molar-refractivity contribution >= 4 is 29.3 Å². The summed E-state index contributed by atoms with van der Waals surface area (Å²) in [5.74, 6) is 1.03. The molecule has 0 aromatic heterocycles. The number of ether oxygens (including phenoxy) is 2. The normalized spacial score (nSPS) is 12.6. The third-order valence-corrected chi connectivity index (χ3v) is 4.36. The lowest BCUT2D eigenvalue weighted by Crippen LogP contribution is -2.47. The molecule has 0 spiro atoms. The molecule has 1 aliphatic rings. The van der Waals surface area contributed by atoms with Gasteiger partial charge in [-0.15, -0.1) is 0 Å². The molecule has 29 heavy (non-hydrogen) atoms. The van der Waals surface area contributed by atoms with Gasteiger partial charge in [0.05, 0.1) is 12.5 Å². The van der Waals surface area contributed by atoms with Gasteiger partial charge in [0.1, 0.15) is 0 Å². The number of benzene rings is 2. The quantitative estimate of drug-likeness (QED) is 0.355. The molecule has 0 radical (unpaired) electrons. The number of amides is 3. The van der Waals surface area contributed by atoms with Gasteiger partial charge in [-0.25, -0.2) is 4.79 Å². The molecule has 1 heterocycles. The highest BCUT2D eigenvalue weighted by Crippen LogP contribution is 2.32. The molecule has 6 N–H and O–H groups in total. The van der Waals surface area contributed by atoms with Crippen molar-refractivity contribution in [2.24, 2.45) is 5.73 Å². The summed E-state index contributed by atoms with van der Waals surface area (Å²) in [5, 5.41) is 5.79. The first-order chi connectivity index (χ1) is 14.0. The van der Waals surface area contributed by atoms with Crippen LogP contribution in [0.3, 0.4) is 0 Å². The molecule has 10 heteroatoms. The fraction of sp³-hybridized carbons (Fsp3) is 0.211. The number of rotatable bonds is 6. The lowest BCUT2D eigenvalue weighted by molar-refractivity contribution is -0.122. The standard InChI is InChI=1S/C19H21N5O4S/c20-18(26)22-14(13-4-2-1-3-5-13)9-17(25)23-24-19(29)21-10-12-6-7-15-16(8-12)28-11-27-15/h1-8,14H,9-11H2,(H,23,25)(H3,20,22,26)(H2,21,24,29). The number of nitrogens with one attached hydrogen (secondary N) is 4. The summed E-state index contributed by atoms with van der Waals surface area (Å²) in [7, 11) is 0. The second-order valence-corrected chi connectivity index (χ2v) is 6.63. The Labute approximate surface area is 172 Å². The molecule has 3 amide bonds. The number of thiocarbonyl (C=S) groups is 1. The fourth-order valence-corrected chi connectivity index (χ4v) is 2.87. The van der Waals surface area contributed by atoms with E-state index in [1.165, 1.54) is 0 Å². The number of primary amides is 1. The van der Waals surface area contributed by atoms with Gasteiger partial charge in [0.15, 0.2) is 16.6 Å². The van der Waals surface area contributed by atoms with E-state index in [-0.39, 0.29) is 24.2 Å². The van der Waals surface area contributed by atoms with Crippen LogP contribution >= 0.6 is 12.2 Å². The van der Waals surface area contributed by atoms with Gasteiger partial charge in [0, 0.05) is 6.54 Å². The molecule has 0 aliphatic carbocycles. The molecule has 0 saturated heterocycles. The zero-order valence-corrected chi connectivity index (χ0v) is 16.3. The van der Waals surface area contributed by atoms with Crippen LogP contribution in [0.2, 0.25) is 0 Å². The summed E-state index contributed by atoms with van der Waals surface area (Å²) in [6, 6.07) is 13.4. The van der Waals surface area contributed by atoms with Crippen molar-refractivity contribution in [1.29, 1.82) is 0 Å². The molecule has 2 aromatic carbocycles. The van der Waals surface area contributed by atoms with Crippen molar-refractivity contribution in [3.8, 4) is 11.5 Å². The zero-order chi connectivity index (χ0) is 20.6. The van der Waals surface area contributed by atoms with E-state index in [0.29, 0.717) is 18.0 Å². The van der Waals surface area contributed by atoms with Crippen LogP contribution in [0.4, 0.5) is 4.79 Å². The SMILES string of the molecule is NC(=O)NC(CC(=O)NNC(=S)NCc1ccc2c(c1)OCO2)c1ccccc1. The predicted molar refractivity (Wildman–Crippen MR) is 110 cm³/mol. The number of hydrazine groups is 1. The number of fused-ring (bicyclic) bond motifs is 1. The van der Waals surface area contributed by atoms with Gasteiger partial charge in [-0.1, -0.05) is 36.4 Å². The van der Waals surface area contributed by atoms with Gasteiger partial charge >= 0.3 is 6.03 Å². The molecule has 2 aromatic rings. The molecule has 3 rings (SSSR count). The molecular weight excluding hydrogens is 394 g/mol. The Balaban J connectivity index is 1.45. The minimum Gasteiger partial charge on any atom is -0.454 e. The third kappa shape index (κ3) is 5.98. The van der Waals surface area contributed by atoms with Crippen molar-refractivity contribution in [1.82, 2.24) is 21.5 Å². The van der Waals surface area contributed by atoms with Crippen molar-refractivity contribution < 1.29 is 19.1 Å². The highest BCUT2D eigenvalue weighted by Gasteiger charge is 2.17. The zero-order valence-electron chi connectivity index (χ0n) is 15.4. The first kappa shape index (κ1) is 20.2. The Kier molecular flexibility index (Phi) is 6.69. The first-order valence-corrected chi connectivity index (χ1v) is 9.24. The van der Waals surface area contributed by atoms with Gasteiger partial charge in [-0.05, 0) is 35.5 Å². The summed E-state index contributed by atoms with van der Waals surface area (Å²) in [6.07, 6.45) is -0.00920. The van der Waals surface area contributed by atoms with Crippen LogP contribution in [-0.4, -0.2) is 23.8 Å². The Morgan fingerprint density at radius 1 is 1.07 bits per heavy atom. The molecule has 9 nitrogen and oxygen atoms in total. The number of hydrogen-bond acceptors (Lipinski definition) is 5. The van der Waals surface area contributed by atoms with Crippen LogP contribution in [0, 0.1) is 0 Å². The average Bonchev–Trinajstić information content (AvgIpc) is 3.18.